The van der Waals surface area contributed by atoms with Gasteiger partial charge < -0.3 is 15.4 Å². The topological polar surface area (TPSA) is 81.1 Å². The van der Waals surface area contributed by atoms with Gasteiger partial charge in [-0.25, -0.2) is 4.39 Å². The molecule has 1 atom stereocenters. The number of halogens is 1. The van der Waals surface area contributed by atoms with E-state index in [4.69, 9.17) is 4.74 Å². The number of nitrogens with zero attached hydrogens (tertiary/aromatic N) is 3. The lowest BCUT2D eigenvalue weighted by molar-refractivity contribution is 0.102. The zero-order chi connectivity index (χ0) is 20.2. The average molecular weight is 395 g/mol. The van der Waals surface area contributed by atoms with Gasteiger partial charge in [-0.2, -0.15) is 5.10 Å². The second-order valence-corrected chi connectivity index (χ2v) is 7.03. The van der Waals surface area contributed by atoms with E-state index in [-0.39, 0.29) is 12.0 Å². The lowest BCUT2D eigenvalue weighted by Crippen LogP contribution is -2.19. The quantitative estimate of drug-likeness (QED) is 0.668. The number of hydrogen-bond donors (Lipinski definition) is 2. The van der Waals surface area contributed by atoms with E-state index in [1.165, 1.54) is 12.3 Å². The minimum Gasteiger partial charge on any atom is -0.380 e. The molecular formula is C21H22FN5O2. The van der Waals surface area contributed by atoms with Gasteiger partial charge in [0.1, 0.15) is 5.82 Å². The standard InChI is InChI=1S/C21H22FN5O2/c1-27-13-16(11-25-27)14-7-15(10-23-9-14)21(28)26-17-4-5-20(19(22)8-17)24-12-18-3-2-6-29-18/h4-5,7-11,13,18,24H,2-3,6,12H2,1H3,(H,26,28). The number of benzene rings is 1. The number of amides is 1. The van der Waals surface area contributed by atoms with Crippen LogP contribution in [0.3, 0.4) is 0 Å². The molecule has 29 heavy (non-hydrogen) atoms. The van der Waals surface area contributed by atoms with Crippen molar-refractivity contribution in [3.05, 3.63) is 60.4 Å². The number of anilines is 2. The molecule has 3 aromatic rings. The van der Waals surface area contributed by atoms with E-state index in [2.05, 4.69) is 20.7 Å². The zero-order valence-corrected chi connectivity index (χ0v) is 16.1. The van der Waals surface area contributed by atoms with E-state index < -0.39 is 5.82 Å². The summed E-state index contributed by atoms with van der Waals surface area (Å²) in [5, 5.41) is 9.91. The van der Waals surface area contributed by atoms with Crippen LogP contribution >= 0.6 is 0 Å². The molecule has 2 aromatic heterocycles. The van der Waals surface area contributed by atoms with E-state index in [0.717, 1.165) is 30.6 Å². The van der Waals surface area contributed by atoms with Gasteiger partial charge in [0.25, 0.3) is 5.91 Å². The summed E-state index contributed by atoms with van der Waals surface area (Å²) in [5.41, 5.74) is 2.79. The molecule has 0 spiro atoms. The van der Waals surface area contributed by atoms with Gasteiger partial charge in [0.05, 0.1) is 23.6 Å². The van der Waals surface area contributed by atoms with Crippen LogP contribution in [0.1, 0.15) is 23.2 Å². The van der Waals surface area contributed by atoms with E-state index in [9.17, 15) is 9.18 Å². The minimum atomic E-state index is -0.428. The molecule has 4 rings (SSSR count). The SMILES string of the molecule is Cn1cc(-c2cncc(C(=O)Nc3ccc(NCC4CCCO4)c(F)c3)c2)cn1. The monoisotopic (exact) mass is 395 g/mol. The predicted molar refractivity (Wildman–Crippen MR) is 108 cm³/mol. The van der Waals surface area contributed by atoms with Crippen molar-refractivity contribution in [2.75, 3.05) is 23.8 Å². The van der Waals surface area contributed by atoms with Crippen LogP contribution < -0.4 is 10.6 Å². The number of rotatable bonds is 6. The molecule has 1 aliphatic heterocycles. The van der Waals surface area contributed by atoms with Crippen LogP contribution in [0, 0.1) is 5.82 Å². The summed E-state index contributed by atoms with van der Waals surface area (Å²) in [6.45, 7) is 1.33. The summed E-state index contributed by atoms with van der Waals surface area (Å²) < 4.78 is 21.6. The molecule has 1 unspecified atom stereocenters. The highest BCUT2D eigenvalue weighted by molar-refractivity contribution is 6.04. The third-order valence-corrected chi connectivity index (χ3v) is 4.81. The Kier molecular flexibility index (Phi) is 5.53. The van der Waals surface area contributed by atoms with Crippen molar-refractivity contribution in [1.82, 2.24) is 14.8 Å². The first-order valence-corrected chi connectivity index (χ1v) is 9.49. The van der Waals surface area contributed by atoms with Gasteiger partial charge in [0, 0.05) is 55.6 Å². The van der Waals surface area contributed by atoms with Gasteiger partial charge in [0.2, 0.25) is 0 Å². The van der Waals surface area contributed by atoms with Crippen LogP contribution in [-0.2, 0) is 11.8 Å². The van der Waals surface area contributed by atoms with E-state index in [0.29, 0.717) is 23.5 Å². The largest absolute Gasteiger partial charge is 0.380 e. The summed E-state index contributed by atoms with van der Waals surface area (Å²) in [7, 11) is 1.82. The Bertz CT molecular complexity index is 1010. The number of aryl methyl sites for hydroxylation is 1. The van der Waals surface area contributed by atoms with Crippen LogP contribution in [-0.4, -0.2) is 39.9 Å². The Hall–Kier alpha value is -3.26. The fraction of sp³-hybridized carbons (Fsp3) is 0.286. The van der Waals surface area contributed by atoms with Crippen LogP contribution in [0.5, 0.6) is 0 Å². The molecule has 0 saturated carbocycles. The second kappa shape index (κ2) is 8.40. The number of aromatic nitrogens is 3. The van der Waals surface area contributed by atoms with Crippen LogP contribution in [0.2, 0.25) is 0 Å². The minimum absolute atomic E-state index is 0.119. The fourth-order valence-electron chi connectivity index (χ4n) is 3.26. The van der Waals surface area contributed by atoms with Crippen molar-refractivity contribution < 1.29 is 13.9 Å². The van der Waals surface area contributed by atoms with Crippen molar-refractivity contribution in [2.45, 2.75) is 18.9 Å². The smallest absolute Gasteiger partial charge is 0.257 e. The Morgan fingerprint density at radius 2 is 2.17 bits per heavy atom. The van der Waals surface area contributed by atoms with Crippen LogP contribution in [0.15, 0.2) is 49.1 Å². The number of carbonyl (C=O) groups is 1. The number of pyridine rings is 1. The first-order valence-electron chi connectivity index (χ1n) is 9.49. The molecule has 1 aliphatic rings. The van der Waals surface area contributed by atoms with Crippen molar-refractivity contribution in [3.8, 4) is 11.1 Å². The second-order valence-electron chi connectivity index (χ2n) is 7.03. The van der Waals surface area contributed by atoms with Crippen molar-refractivity contribution in [2.24, 2.45) is 7.05 Å². The molecule has 150 valence electrons. The first kappa shape index (κ1) is 19.1. The molecule has 0 radical (unpaired) electrons. The molecule has 3 heterocycles. The maximum absolute atomic E-state index is 14.4. The van der Waals surface area contributed by atoms with Crippen LogP contribution in [0.25, 0.3) is 11.1 Å². The van der Waals surface area contributed by atoms with Gasteiger partial charge in [-0.15, -0.1) is 0 Å². The highest BCUT2D eigenvalue weighted by atomic mass is 19.1. The van der Waals surface area contributed by atoms with Gasteiger partial charge in [0.15, 0.2) is 0 Å². The van der Waals surface area contributed by atoms with E-state index in [1.54, 1.807) is 35.3 Å². The summed E-state index contributed by atoms with van der Waals surface area (Å²) in [4.78, 5) is 16.7. The lowest BCUT2D eigenvalue weighted by Gasteiger charge is -2.13. The van der Waals surface area contributed by atoms with E-state index in [1.807, 2.05) is 13.2 Å². The Morgan fingerprint density at radius 1 is 1.28 bits per heavy atom. The number of carbonyl (C=O) groups excluding carboxylic acids is 1. The summed E-state index contributed by atoms with van der Waals surface area (Å²) in [6.07, 6.45) is 8.83. The first-order chi connectivity index (χ1) is 14.1. The molecule has 1 saturated heterocycles. The predicted octanol–water partition coefficient (Wildman–Crippen LogP) is 3.46. The third-order valence-electron chi connectivity index (χ3n) is 4.81. The summed E-state index contributed by atoms with van der Waals surface area (Å²) >= 11 is 0. The van der Waals surface area contributed by atoms with E-state index >= 15 is 0 Å². The average Bonchev–Trinajstić information content (AvgIpc) is 3.39. The maximum Gasteiger partial charge on any atom is 0.257 e. The fourth-order valence-corrected chi connectivity index (χ4v) is 3.26. The molecule has 7 nitrogen and oxygen atoms in total. The van der Waals surface area contributed by atoms with Gasteiger partial charge >= 0.3 is 0 Å². The molecule has 1 aromatic carbocycles. The maximum atomic E-state index is 14.4. The van der Waals surface area contributed by atoms with Gasteiger partial charge in [-0.05, 0) is 37.1 Å². The molecule has 1 amide bonds. The molecular weight excluding hydrogens is 373 g/mol. The Morgan fingerprint density at radius 3 is 2.90 bits per heavy atom. The Balaban J connectivity index is 1.42. The number of nitrogens with one attached hydrogen (secondary N) is 2. The van der Waals surface area contributed by atoms with Gasteiger partial charge in [-0.3, -0.25) is 14.5 Å². The van der Waals surface area contributed by atoms with Crippen molar-refractivity contribution in [1.29, 1.82) is 0 Å². The summed E-state index contributed by atoms with van der Waals surface area (Å²) in [6, 6.07) is 6.31. The molecule has 0 aliphatic carbocycles. The normalized spacial score (nSPS) is 16.0. The third kappa shape index (κ3) is 4.60. The van der Waals surface area contributed by atoms with Crippen LogP contribution in [0.4, 0.5) is 15.8 Å². The highest BCUT2D eigenvalue weighted by Crippen LogP contribution is 2.22. The highest BCUT2D eigenvalue weighted by Gasteiger charge is 2.16. The number of hydrogen-bond acceptors (Lipinski definition) is 5. The van der Waals surface area contributed by atoms with Crippen molar-refractivity contribution >= 4 is 17.3 Å². The summed E-state index contributed by atoms with van der Waals surface area (Å²) in [5.74, 6) is -0.786. The molecule has 8 heteroatoms. The van der Waals surface area contributed by atoms with Crippen molar-refractivity contribution in [3.63, 3.8) is 0 Å². The zero-order valence-electron chi connectivity index (χ0n) is 16.1. The molecule has 2 N–H and O–H groups in total. The van der Waals surface area contributed by atoms with Gasteiger partial charge in [-0.1, -0.05) is 0 Å². The molecule has 0 bridgehead atoms. The lowest BCUT2D eigenvalue weighted by atomic mass is 10.1. The Labute approximate surface area is 167 Å². The molecule has 1 fully saturated rings. The number of ether oxygens (including phenoxy) is 1.